The number of fused-ring (bicyclic) bond motifs is 1. The second-order valence-corrected chi connectivity index (χ2v) is 19.5. The number of hydrogen-bond donors (Lipinski definition) is 0. The van der Waals surface area contributed by atoms with Crippen LogP contribution in [0.5, 0.6) is 0 Å². The van der Waals surface area contributed by atoms with Crippen LogP contribution in [-0.4, -0.2) is 67.0 Å². The molecule has 0 N–H and O–H groups in total. The molecule has 0 atom stereocenters. The Hall–Kier alpha value is -5.50. The van der Waals surface area contributed by atoms with Crippen LogP contribution in [0.4, 0.5) is 65.9 Å². The molecule has 0 saturated heterocycles. The fourth-order valence-corrected chi connectivity index (χ4v) is 7.83. The number of aliphatic imine (C=N–C) groups is 1. The third-order valence-corrected chi connectivity index (χ3v) is 11.8. The first-order chi connectivity index (χ1) is 32.5. The van der Waals surface area contributed by atoms with Crippen molar-refractivity contribution in [2.24, 2.45) is 4.99 Å². The lowest BCUT2D eigenvalue weighted by Gasteiger charge is -2.28. The fraction of sp³-hybridized carbons (Fsp3) is 0.392. The van der Waals surface area contributed by atoms with Crippen molar-refractivity contribution in [3.8, 4) is 22.4 Å². The van der Waals surface area contributed by atoms with E-state index in [0.717, 1.165) is 11.1 Å². The van der Waals surface area contributed by atoms with Gasteiger partial charge >= 0.3 is 37.6 Å². The van der Waals surface area contributed by atoms with E-state index in [1.165, 1.54) is 42.5 Å². The lowest BCUT2D eigenvalue weighted by atomic mass is 9.85. The maximum absolute atomic E-state index is 15.7. The maximum atomic E-state index is 15.7. The standard InChI is InChI=1S/C51H48BF15N2O2/c1-30-12-14-33(15-13-30)41-36-10-8-9-11-37(36)42(68-41)38(24-25-46(53,54)27-49(59,60)61)43-39(31-16-20-34(21-17-31)44(2,3)4)26-40(32-18-22-35(23-19-32)45(5,6)7)69(43)52(70-28-47(55,56)50(62,63)64)71-29-48(57,58)51(65,66)67/h8-23,26H,24-25,27-29H2,1-7H3/b42-38-. The summed E-state index contributed by atoms with van der Waals surface area (Å²) in [6.45, 7) is 7.40. The molecule has 4 aromatic carbocycles. The van der Waals surface area contributed by atoms with Crippen molar-refractivity contribution in [1.29, 1.82) is 0 Å². The molecule has 0 aliphatic carbocycles. The summed E-state index contributed by atoms with van der Waals surface area (Å²) in [4.78, 5) is 4.84. The van der Waals surface area contributed by atoms with Gasteiger partial charge in [0.2, 0.25) is 0 Å². The van der Waals surface area contributed by atoms with Gasteiger partial charge in [0.25, 0.3) is 5.92 Å². The summed E-state index contributed by atoms with van der Waals surface area (Å²) in [6.07, 6.45) is -23.5. The van der Waals surface area contributed by atoms with Gasteiger partial charge in [-0.3, -0.25) is 0 Å². The predicted molar refractivity (Wildman–Crippen MR) is 243 cm³/mol. The molecule has 0 fully saturated rings. The molecule has 2 heterocycles. The van der Waals surface area contributed by atoms with E-state index < -0.39 is 98.1 Å². The first-order valence-electron chi connectivity index (χ1n) is 22.0. The molecule has 1 aliphatic heterocycles. The quantitative estimate of drug-likeness (QED) is 0.0774. The summed E-state index contributed by atoms with van der Waals surface area (Å²) in [5.74, 6) is -16.1. The van der Waals surface area contributed by atoms with Crippen LogP contribution in [0, 0.1) is 6.92 Å². The van der Waals surface area contributed by atoms with Gasteiger partial charge in [-0.05, 0) is 52.5 Å². The summed E-state index contributed by atoms with van der Waals surface area (Å²) in [7, 11) is -3.10. The number of aryl methyl sites for hydroxylation is 1. The van der Waals surface area contributed by atoms with Crippen molar-refractivity contribution in [3.05, 3.63) is 142 Å². The molecule has 5 aromatic rings. The lowest BCUT2D eigenvalue weighted by molar-refractivity contribution is -0.295. The molecule has 1 aliphatic rings. The number of hydrogen-bond acceptors (Lipinski definition) is 3. The summed E-state index contributed by atoms with van der Waals surface area (Å²) in [5.41, 5.74) is 0.662. The van der Waals surface area contributed by atoms with E-state index >= 15 is 8.78 Å². The zero-order valence-electron chi connectivity index (χ0n) is 39.3. The Bertz CT molecular complexity index is 2710. The highest BCUT2D eigenvalue weighted by atomic mass is 19.4. The highest BCUT2D eigenvalue weighted by Crippen LogP contribution is 2.48. The molecule has 6 rings (SSSR count). The van der Waals surface area contributed by atoms with Gasteiger partial charge in [-0.2, -0.15) is 57.1 Å². The normalized spacial score (nSPS) is 15.0. The zero-order chi connectivity index (χ0) is 52.9. The van der Waals surface area contributed by atoms with Gasteiger partial charge < -0.3 is 13.8 Å². The zero-order valence-corrected chi connectivity index (χ0v) is 39.3. The van der Waals surface area contributed by atoms with Gasteiger partial charge in [-0.1, -0.05) is 144 Å². The molecule has 71 heavy (non-hydrogen) atoms. The molecular formula is C51H48BF15N2O2. The van der Waals surface area contributed by atoms with Crippen LogP contribution in [0.25, 0.3) is 33.7 Å². The van der Waals surface area contributed by atoms with E-state index in [2.05, 4.69) is 0 Å². The van der Waals surface area contributed by atoms with Crippen LogP contribution in [0.1, 0.15) is 99.9 Å². The van der Waals surface area contributed by atoms with Crippen LogP contribution < -0.4 is 0 Å². The van der Waals surface area contributed by atoms with Crippen molar-refractivity contribution >= 4 is 24.2 Å². The van der Waals surface area contributed by atoms with Gasteiger partial charge in [-0.25, -0.2) is 13.8 Å². The van der Waals surface area contributed by atoms with Gasteiger partial charge in [0.15, 0.2) is 0 Å². The summed E-state index contributed by atoms with van der Waals surface area (Å²) in [6, 6.07) is 26.4. The Morgan fingerprint density at radius 2 is 1.00 bits per heavy atom. The van der Waals surface area contributed by atoms with Gasteiger partial charge in [0.1, 0.15) is 19.6 Å². The Balaban J connectivity index is 1.82. The first-order valence-corrected chi connectivity index (χ1v) is 22.0. The average molecular weight is 1020 g/mol. The van der Waals surface area contributed by atoms with Gasteiger partial charge in [0.05, 0.1) is 11.4 Å². The summed E-state index contributed by atoms with van der Waals surface area (Å²) in [5, 5.41) is 0. The maximum Gasteiger partial charge on any atom is 0.598 e. The molecule has 4 nitrogen and oxygen atoms in total. The fourth-order valence-electron chi connectivity index (χ4n) is 7.83. The molecule has 0 bridgehead atoms. The smallest absolute Gasteiger partial charge is 0.385 e. The number of allylic oxidation sites excluding steroid dienone is 1. The largest absolute Gasteiger partial charge is 0.598 e. The predicted octanol–water partition coefficient (Wildman–Crippen LogP) is 16.1. The van der Waals surface area contributed by atoms with Crippen LogP contribution >= 0.6 is 0 Å². The van der Waals surface area contributed by atoms with Crippen molar-refractivity contribution < 1.29 is 75.2 Å². The summed E-state index contributed by atoms with van der Waals surface area (Å²) < 4.78 is 226. The van der Waals surface area contributed by atoms with Crippen molar-refractivity contribution in [3.63, 3.8) is 0 Å². The lowest BCUT2D eigenvalue weighted by Crippen LogP contribution is -2.48. The van der Waals surface area contributed by atoms with Crippen molar-refractivity contribution in [2.45, 2.75) is 115 Å². The minimum Gasteiger partial charge on any atom is -0.385 e. The molecule has 0 amide bonds. The number of halogens is 15. The van der Waals surface area contributed by atoms with Crippen molar-refractivity contribution in [1.82, 2.24) is 4.48 Å². The van der Waals surface area contributed by atoms with Crippen LogP contribution in [-0.2, 0) is 20.1 Å². The molecule has 0 radical (unpaired) electrons. The minimum atomic E-state index is -6.37. The van der Waals surface area contributed by atoms with E-state index in [4.69, 9.17) is 14.3 Å². The molecule has 0 saturated carbocycles. The second-order valence-electron chi connectivity index (χ2n) is 19.5. The topological polar surface area (TPSA) is 35.8 Å². The molecule has 1 aromatic heterocycles. The van der Waals surface area contributed by atoms with Crippen molar-refractivity contribution in [2.75, 3.05) is 13.2 Å². The number of rotatable bonds is 15. The Kier molecular flexibility index (Phi) is 15.1. The number of nitrogens with zero attached hydrogens (tertiary/aromatic N) is 2. The van der Waals surface area contributed by atoms with Crippen LogP contribution in [0.3, 0.4) is 0 Å². The van der Waals surface area contributed by atoms with Gasteiger partial charge in [-0.15, -0.1) is 0 Å². The van der Waals surface area contributed by atoms with E-state index in [-0.39, 0.29) is 39.4 Å². The third kappa shape index (κ3) is 12.6. The Labute approximate surface area is 400 Å². The van der Waals surface area contributed by atoms with E-state index in [0.29, 0.717) is 21.2 Å². The summed E-state index contributed by atoms with van der Waals surface area (Å²) >= 11 is 0. The molecular weight excluding hydrogens is 968 g/mol. The number of benzene rings is 4. The number of aromatic nitrogens is 1. The monoisotopic (exact) mass is 1020 g/mol. The number of alkyl halides is 15. The minimum absolute atomic E-state index is 0.00148. The van der Waals surface area contributed by atoms with Crippen LogP contribution in [0.15, 0.2) is 108 Å². The van der Waals surface area contributed by atoms with E-state index in [1.54, 1.807) is 67.6 Å². The Morgan fingerprint density at radius 1 is 0.549 bits per heavy atom. The van der Waals surface area contributed by atoms with E-state index in [9.17, 15) is 57.1 Å². The highest BCUT2D eigenvalue weighted by Gasteiger charge is 2.60. The average Bonchev–Trinajstić information content (AvgIpc) is 3.82. The SMILES string of the molecule is Cc1ccc(C2=N/C(=C(/CCC(F)(F)CC(F)(F)F)c3c(-c4ccc(C(C)(C)C)cc4)cc(-c4ccc(C(C)(C)C)cc4)n3B(OCC(F)(F)C(F)(F)F)OCC(F)(F)C(F)(F)F)c3ccccc32)cc1. The Morgan fingerprint density at radius 3 is 1.45 bits per heavy atom. The molecule has 0 spiro atoms. The van der Waals surface area contributed by atoms with Gasteiger partial charge in [0, 0.05) is 45.6 Å². The molecule has 0 unspecified atom stereocenters. The highest BCUT2D eigenvalue weighted by molar-refractivity contribution is 6.44. The van der Waals surface area contributed by atoms with Crippen LogP contribution in [0.2, 0.25) is 0 Å². The second kappa shape index (κ2) is 19.5. The molecule has 382 valence electrons. The molecule has 20 heteroatoms. The third-order valence-electron chi connectivity index (χ3n) is 11.8. The van der Waals surface area contributed by atoms with E-state index in [1.807, 2.05) is 41.5 Å². The first kappa shape index (κ1) is 54.8.